The number of halogens is 3. The van der Waals surface area contributed by atoms with Crippen molar-refractivity contribution in [1.29, 1.82) is 0 Å². The third-order valence-corrected chi connectivity index (χ3v) is 8.48. The molecule has 0 bridgehead atoms. The summed E-state index contributed by atoms with van der Waals surface area (Å²) in [5.74, 6) is 0.216. The molecule has 1 atom stereocenters. The van der Waals surface area contributed by atoms with E-state index in [0.29, 0.717) is 48.0 Å². The fraction of sp³-hybridized carbons (Fsp3) is 0.538. The number of anilines is 1. The maximum absolute atomic E-state index is 14.0. The van der Waals surface area contributed by atoms with Crippen LogP contribution in [-0.4, -0.2) is 54.1 Å². The number of fused-ring (bicyclic) bond motifs is 1. The summed E-state index contributed by atoms with van der Waals surface area (Å²) in [6.45, 7) is 6.81. The first kappa shape index (κ1) is 27.6. The van der Waals surface area contributed by atoms with Gasteiger partial charge in [-0.3, -0.25) is 0 Å². The van der Waals surface area contributed by atoms with Crippen LogP contribution in [0.1, 0.15) is 56.1 Å². The molecule has 0 amide bonds. The highest BCUT2D eigenvalue weighted by Gasteiger charge is 2.37. The topological polar surface area (TPSA) is 106 Å². The first-order chi connectivity index (χ1) is 17.5. The van der Waals surface area contributed by atoms with E-state index < -0.39 is 18.9 Å². The standard InChI is InChI=1S/C26H35F3N5O2P/c1-16(10-12-36-13-11-30)18-8-9-19-20(14-31-23(19)24(18)37(2,3)35)22-21(26(27,28)29)15-32-25(34-22)33-17-6-4-5-7-17/h8-9,14-17,31H,4-7,10-13,30H2,1-3H3,(H,32,33,34). The van der Waals surface area contributed by atoms with Crippen LogP contribution in [0.2, 0.25) is 0 Å². The Balaban J connectivity index is 1.80. The molecule has 1 aliphatic rings. The van der Waals surface area contributed by atoms with Crippen molar-refractivity contribution in [2.75, 3.05) is 38.4 Å². The van der Waals surface area contributed by atoms with Gasteiger partial charge < -0.3 is 25.3 Å². The number of aromatic nitrogens is 3. The second-order valence-corrected chi connectivity index (χ2v) is 13.3. The van der Waals surface area contributed by atoms with Gasteiger partial charge in [-0.1, -0.05) is 31.9 Å². The number of nitrogens with one attached hydrogen (secondary N) is 2. The van der Waals surface area contributed by atoms with E-state index in [0.717, 1.165) is 37.4 Å². The Morgan fingerprint density at radius 2 is 1.97 bits per heavy atom. The molecule has 1 aliphatic carbocycles. The van der Waals surface area contributed by atoms with Crippen molar-refractivity contribution >= 4 is 29.3 Å². The Morgan fingerprint density at radius 1 is 1.24 bits per heavy atom. The molecular formula is C26H35F3N5O2P. The Bertz CT molecular complexity index is 1280. The zero-order valence-electron chi connectivity index (χ0n) is 21.5. The maximum Gasteiger partial charge on any atom is 0.419 e. The molecule has 1 unspecified atom stereocenters. The molecule has 1 saturated carbocycles. The van der Waals surface area contributed by atoms with Gasteiger partial charge in [0.25, 0.3) is 0 Å². The molecule has 0 spiro atoms. The molecular weight excluding hydrogens is 502 g/mol. The molecule has 7 nitrogen and oxygen atoms in total. The lowest BCUT2D eigenvalue weighted by Gasteiger charge is -2.20. The molecule has 1 fully saturated rings. The van der Waals surface area contributed by atoms with Crippen molar-refractivity contribution in [3.63, 3.8) is 0 Å². The molecule has 37 heavy (non-hydrogen) atoms. The number of hydrogen-bond acceptors (Lipinski definition) is 6. The summed E-state index contributed by atoms with van der Waals surface area (Å²) in [4.78, 5) is 11.5. The van der Waals surface area contributed by atoms with E-state index in [4.69, 9.17) is 10.5 Å². The van der Waals surface area contributed by atoms with Crippen molar-refractivity contribution in [3.05, 3.63) is 35.7 Å². The number of benzene rings is 1. The maximum atomic E-state index is 14.0. The van der Waals surface area contributed by atoms with Crippen LogP contribution >= 0.6 is 7.14 Å². The molecule has 11 heteroatoms. The van der Waals surface area contributed by atoms with Crippen molar-refractivity contribution < 1.29 is 22.5 Å². The molecule has 4 rings (SSSR count). The van der Waals surface area contributed by atoms with E-state index in [1.54, 1.807) is 19.4 Å². The van der Waals surface area contributed by atoms with Gasteiger partial charge in [0, 0.05) is 47.8 Å². The van der Waals surface area contributed by atoms with E-state index in [9.17, 15) is 17.7 Å². The van der Waals surface area contributed by atoms with Crippen LogP contribution in [0.4, 0.5) is 19.1 Å². The van der Waals surface area contributed by atoms with Crippen molar-refractivity contribution in [3.8, 4) is 11.3 Å². The Hall–Kier alpha value is -2.42. The van der Waals surface area contributed by atoms with Crippen LogP contribution in [0.5, 0.6) is 0 Å². The van der Waals surface area contributed by atoms with Crippen molar-refractivity contribution in [2.24, 2.45) is 5.73 Å². The van der Waals surface area contributed by atoms with Gasteiger partial charge >= 0.3 is 6.18 Å². The monoisotopic (exact) mass is 537 g/mol. The number of nitrogens with two attached hydrogens (primary N) is 1. The van der Waals surface area contributed by atoms with Gasteiger partial charge in [0.1, 0.15) is 12.7 Å². The van der Waals surface area contributed by atoms with E-state index in [2.05, 4.69) is 20.3 Å². The molecule has 202 valence electrons. The molecule has 2 heterocycles. The predicted molar refractivity (Wildman–Crippen MR) is 142 cm³/mol. The van der Waals surface area contributed by atoms with Gasteiger partial charge in [0.15, 0.2) is 0 Å². The van der Waals surface area contributed by atoms with Crippen molar-refractivity contribution in [2.45, 2.75) is 57.2 Å². The SMILES string of the molecule is CC(CCOCCN)c1ccc2c(-c3nc(NC4CCCC4)ncc3C(F)(F)F)c[nH]c2c1P(C)(C)=O. The average molecular weight is 538 g/mol. The smallest absolute Gasteiger partial charge is 0.380 e. The Kier molecular flexibility index (Phi) is 8.31. The lowest BCUT2D eigenvalue weighted by Crippen LogP contribution is -2.18. The van der Waals surface area contributed by atoms with Gasteiger partial charge in [-0.05, 0) is 44.1 Å². The highest BCUT2D eigenvalue weighted by Crippen LogP contribution is 2.44. The lowest BCUT2D eigenvalue weighted by molar-refractivity contribution is -0.137. The highest BCUT2D eigenvalue weighted by atomic mass is 31.2. The van der Waals surface area contributed by atoms with Crippen LogP contribution in [0, 0.1) is 0 Å². The van der Waals surface area contributed by atoms with Crippen LogP contribution < -0.4 is 16.4 Å². The van der Waals surface area contributed by atoms with E-state index in [1.807, 2.05) is 13.0 Å². The second-order valence-electron chi connectivity index (χ2n) is 10.1. The minimum Gasteiger partial charge on any atom is -0.380 e. The quantitative estimate of drug-likeness (QED) is 0.226. The molecule has 3 aromatic rings. The Labute approximate surface area is 215 Å². The summed E-state index contributed by atoms with van der Waals surface area (Å²) in [6, 6.07) is 3.82. The van der Waals surface area contributed by atoms with Crippen LogP contribution in [0.25, 0.3) is 22.2 Å². The number of alkyl halides is 3. The molecule has 4 N–H and O–H groups in total. The van der Waals surface area contributed by atoms with Gasteiger partial charge in [0.2, 0.25) is 5.95 Å². The van der Waals surface area contributed by atoms with Crippen LogP contribution in [0.3, 0.4) is 0 Å². The predicted octanol–water partition coefficient (Wildman–Crippen LogP) is 5.72. The highest BCUT2D eigenvalue weighted by molar-refractivity contribution is 7.70. The summed E-state index contributed by atoms with van der Waals surface area (Å²) in [5.41, 5.74) is 6.16. The molecule has 0 aliphatic heterocycles. The van der Waals surface area contributed by atoms with E-state index in [1.165, 1.54) is 6.20 Å². The fourth-order valence-electron chi connectivity index (χ4n) is 5.09. The zero-order chi connectivity index (χ0) is 26.8. The summed E-state index contributed by atoms with van der Waals surface area (Å²) in [5, 5.41) is 4.39. The third-order valence-electron chi connectivity index (χ3n) is 6.92. The van der Waals surface area contributed by atoms with Crippen LogP contribution in [0.15, 0.2) is 24.5 Å². The van der Waals surface area contributed by atoms with Gasteiger partial charge in [-0.15, -0.1) is 0 Å². The minimum atomic E-state index is -4.63. The fourth-order valence-corrected chi connectivity index (χ4v) is 6.73. The zero-order valence-corrected chi connectivity index (χ0v) is 22.4. The van der Waals surface area contributed by atoms with E-state index in [-0.39, 0.29) is 23.6 Å². The summed E-state index contributed by atoms with van der Waals surface area (Å²) < 4.78 is 61.0. The lowest BCUT2D eigenvalue weighted by atomic mass is 9.96. The number of H-pyrrole nitrogens is 1. The Morgan fingerprint density at radius 3 is 2.62 bits per heavy atom. The molecule has 1 aromatic carbocycles. The average Bonchev–Trinajstić information content (AvgIpc) is 3.49. The van der Waals surface area contributed by atoms with Gasteiger partial charge in [-0.2, -0.15) is 13.2 Å². The largest absolute Gasteiger partial charge is 0.419 e. The number of nitrogens with zero attached hydrogens (tertiary/aromatic N) is 2. The van der Waals surface area contributed by atoms with Gasteiger partial charge in [-0.25, -0.2) is 9.97 Å². The summed E-state index contributed by atoms with van der Waals surface area (Å²) >= 11 is 0. The molecule has 2 aromatic heterocycles. The second kappa shape index (κ2) is 11.1. The molecule has 0 radical (unpaired) electrons. The first-order valence-corrected chi connectivity index (χ1v) is 15.3. The third kappa shape index (κ3) is 6.19. The number of ether oxygens (including phenoxy) is 1. The van der Waals surface area contributed by atoms with Crippen LogP contribution in [-0.2, 0) is 15.5 Å². The molecule has 0 saturated heterocycles. The number of hydrogen-bond donors (Lipinski definition) is 3. The number of aromatic amines is 1. The van der Waals surface area contributed by atoms with E-state index >= 15 is 0 Å². The minimum absolute atomic E-state index is 0.0316. The van der Waals surface area contributed by atoms with Gasteiger partial charge in [0.05, 0.1) is 17.8 Å². The summed E-state index contributed by atoms with van der Waals surface area (Å²) in [7, 11) is -2.81. The summed E-state index contributed by atoms with van der Waals surface area (Å²) in [6.07, 6.45) is 2.48. The van der Waals surface area contributed by atoms with Crippen molar-refractivity contribution in [1.82, 2.24) is 15.0 Å². The normalized spacial score (nSPS) is 16.0. The number of rotatable bonds is 10. The first-order valence-electron chi connectivity index (χ1n) is 12.7.